The first-order valence-corrected chi connectivity index (χ1v) is 10.4. The average Bonchev–Trinajstić information content (AvgIpc) is 3.04. The van der Waals surface area contributed by atoms with Gasteiger partial charge in [-0.05, 0) is 12.8 Å². The number of amides is 1. The molecule has 0 aromatic carbocycles. The molecule has 4 heterocycles. The largest absolute Gasteiger partial charge is 0.355 e. The van der Waals surface area contributed by atoms with Gasteiger partial charge >= 0.3 is 0 Å². The summed E-state index contributed by atoms with van der Waals surface area (Å²) in [6, 6.07) is 1.97. The van der Waals surface area contributed by atoms with Crippen LogP contribution in [0.25, 0.3) is 5.82 Å². The van der Waals surface area contributed by atoms with E-state index in [0.29, 0.717) is 5.69 Å². The van der Waals surface area contributed by atoms with Crippen LogP contribution in [-0.2, 0) is 0 Å². The molecule has 7 nitrogen and oxygen atoms in total. The minimum atomic E-state index is 0.0213. The van der Waals surface area contributed by atoms with E-state index in [1.807, 2.05) is 27.3 Å². The highest BCUT2D eigenvalue weighted by molar-refractivity contribution is 7.99. The molecule has 0 bridgehead atoms. The number of carbonyl (C=O) groups excluding carboxylic acids is 1. The van der Waals surface area contributed by atoms with Crippen molar-refractivity contribution >= 4 is 23.5 Å². The molecule has 2 saturated heterocycles. The van der Waals surface area contributed by atoms with Crippen LogP contribution in [0.5, 0.6) is 0 Å². The van der Waals surface area contributed by atoms with Crippen molar-refractivity contribution in [3.8, 4) is 5.82 Å². The molecular formula is C18H24N6OS. The number of anilines is 1. The second-order valence-corrected chi connectivity index (χ2v) is 7.93. The van der Waals surface area contributed by atoms with Gasteiger partial charge < -0.3 is 9.80 Å². The van der Waals surface area contributed by atoms with E-state index >= 15 is 0 Å². The zero-order valence-electron chi connectivity index (χ0n) is 14.9. The summed E-state index contributed by atoms with van der Waals surface area (Å²) >= 11 is 1.97. The maximum atomic E-state index is 12.7. The third-order valence-corrected chi connectivity index (χ3v) is 5.88. The van der Waals surface area contributed by atoms with Crippen LogP contribution >= 0.6 is 11.8 Å². The molecule has 4 rings (SSSR count). The second-order valence-electron chi connectivity index (χ2n) is 6.71. The van der Waals surface area contributed by atoms with E-state index in [4.69, 9.17) is 0 Å². The van der Waals surface area contributed by atoms with Crippen LogP contribution < -0.4 is 4.90 Å². The van der Waals surface area contributed by atoms with Crippen molar-refractivity contribution in [2.24, 2.45) is 0 Å². The van der Waals surface area contributed by atoms with Crippen LogP contribution in [0.2, 0.25) is 0 Å². The summed E-state index contributed by atoms with van der Waals surface area (Å²) in [7, 11) is 0. The molecule has 138 valence electrons. The van der Waals surface area contributed by atoms with Gasteiger partial charge in [0.25, 0.3) is 5.91 Å². The first-order chi connectivity index (χ1) is 12.8. The van der Waals surface area contributed by atoms with Crippen molar-refractivity contribution in [2.45, 2.75) is 25.7 Å². The standard InChI is InChI=1S/C18H24N6OS/c25-18(23-5-3-1-2-4-6-23)15-12-24(14-21-15)17-11-16(19-13-20-17)22-7-9-26-10-8-22/h11-14H,1-10H2. The topological polar surface area (TPSA) is 67.2 Å². The van der Waals surface area contributed by atoms with Gasteiger partial charge in [-0.25, -0.2) is 15.0 Å². The summed E-state index contributed by atoms with van der Waals surface area (Å²) in [4.78, 5) is 30.0. The number of likely N-dealkylation sites (tertiary alicyclic amines) is 1. The van der Waals surface area contributed by atoms with Gasteiger partial charge in [0.05, 0.1) is 0 Å². The molecule has 0 spiro atoms. The second kappa shape index (κ2) is 8.07. The highest BCUT2D eigenvalue weighted by atomic mass is 32.2. The van der Waals surface area contributed by atoms with E-state index in [2.05, 4.69) is 19.9 Å². The van der Waals surface area contributed by atoms with Gasteiger partial charge in [-0.3, -0.25) is 9.36 Å². The molecule has 0 aliphatic carbocycles. The minimum Gasteiger partial charge on any atom is -0.355 e. The molecular weight excluding hydrogens is 348 g/mol. The fraction of sp³-hybridized carbons (Fsp3) is 0.556. The molecule has 2 aromatic rings. The zero-order chi connectivity index (χ0) is 17.8. The molecule has 0 radical (unpaired) electrons. The lowest BCUT2D eigenvalue weighted by Gasteiger charge is -2.27. The molecule has 2 fully saturated rings. The molecule has 0 saturated carbocycles. The Kier molecular flexibility index (Phi) is 5.38. The van der Waals surface area contributed by atoms with E-state index < -0.39 is 0 Å². The Morgan fingerprint density at radius 3 is 2.42 bits per heavy atom. The van der Waals surface area contributed by atoms with Gasteiger partial charge in [0.1, 0.15) is 30.0 Å². The van der Waals surface area contributed by atoms with Crippen molar-refractivity contribution in [3.63, 3.8) is 0 Å². The van der Waals surface area contributed by atoms with Gasteiger partial charge in [0.2, 0.25) is 0 Å². The summed E-state index contributed by atoms with van der Waals surface area (Å²) in [5, 5.41) is 0. The molecule has 0 N–H and O–H groups in total. The van der Waals surface area contributed by atoms with Crippen molar-refractivity contribution in [1.29, 1.82) is 0 Å². The Hall–Kier alpha value is -2.09. The molecule has 2 aromatic heterocycles. The minimum absolute atomic E-state index is 0.0213. The lowest BCUT2D eigenvalue weighted by molar-refractivity contribution is 0.0756. The number of carbonyl (C=O) groups is 1. The summed E-state index contributed by atoms with van der Waals surface area (Å²) < 4.78 is 1.81. The van der Waals surface area contributed by atoms with E-state index in [1.54, 1.807) is 18.9 Å². The van der Waals surface area contributed by atoms with Crippen molar-refractivity contribution in [1.82, 2.24) is 24.4 Å². The Morgan fingerprint density at radius 1 is 0.923 bits per heavy atom. The molecule has 2 aliphatic rings. The number of aromatic nitrogens is 4. The Morgan fingerprint density at radius 2 is 1.65 bits per heavy atom. The van der Waals surface area contributed by atoms with Crippen molar-refractivity contribution < 1.29 is 4.79 Å². The lowest BCUT2D eigenvalue weighted by atomic mass is 10.2. The number of nitrogens with zero attached hydrogens (tertiary/aromatic N) is 6. The summed E-state index contributed by atoms with van der Waals surface area (Å²) in [5.74, 6) is 3.95. The number of rotatable bonds is 3. The number of hydrogen-bond donors (Lipinski definition) is 0. The Balaban J connectivity index is 1.51. The smallest absolute Gasteiger partial charge is 0.274 e. The van der Waals surface area contributed by atoms with Crippen LogP contribution in [0.15, 0.2) is 24.9 Å². The van der Waals surface area contributed by atoms with Crippen LogP contribution in [0.4, 0.5) is 5.82 Å². The number of hydrogen-bond acceptors (Lipinski definition) is 6. The van der Waals surface area contributed by atoms with E-state index in [-0.39, 0.29) is 5.91 Å². The summed E-state index contributed by atoms with van der Waals surface area (Å²) in [6.07, 6.45) is 9.61. The third-order valence-electron chi connectivity index (χ3n) is 4.93. The first-order valence-electron chi connectivity index (χ1n) is 9.30. The predicted molar refractivity (Wildman–Crippen MR) is 103 cm³/mol. The van der Waals surface area contributed by atoms with Gasteiger partial charge in [-0.15, -0.1) is 0 Å². The highest BCUT2D eigenvalue weighted by Gasteiger charge is 2.20. The Bertz CT molecular complexity index is 750. The first kappa shape index (κ1) is 17.3. The number of thioether (sulfide) groups is 1. The van der Waals surface area contributed by atoms with E-state index in [9.17, 15) is 4.79 Å². The molecule has 1 amide bonds. The molecule has 26 heavy (non-hydrogen) atoms. The summed E-state index contributed by atoms with van der Waals surface area (Å²) in [5.41, 5.74) is 0.487. The average molecular weight is 372 g/mol. The van der Waals surface area contributed by atoms with E-state index in [1.165, 1.54) is 12.8 Å². The Labute approximate surface area is 157 Å². The van der Waals surface area contributed by atoms with Crippen LogP contribution in [-0.4, -0.2) is 68.0 Å². The van der Waals surface area contributed by atoms with Crippen molar-refractivity contribution in [3.05, 3.63) is 30.6 Å². The maximum absolute atomic E-state index is 12.7. The lowest BCUT2D eigenvalue weighted by Crippen LogP contribution is -2.33. The fourth-order valence-electron chi connectivity index (χ4n) is 3.44. The monoisotopic (exact) mass is 372 g/mol. The molecule has 2 aliphatic heterocycles. The van der Waals surface area contributed by atoms with Gasteiger partial charge in [-0.1, -0.05) is 12.8 Å². The summed E-state index contributed by atoms with van der Waals surface area (Å²) in [6.45, 7) is 3.67. The maximum Gasteiger partial charge on any atom is 0.274 e. The fourth-order valence-corrected chi connectivity index (χ4v) is 4.34. The van der Waals surface area contributed by atoms with Gasteiger partial charge in [-0.2, -0.15) is 11.8 Å². The van der Waals surface area contributed by atoms with Crippen LogP contribution in [0, 0.1) is 0 Å². The van der Waals surface area contributed by atoms with Crippen molar-refractivity contribution in [2.75, 3.05) is 42.6 Å². The van der Waals surface area contributed by atoms with Gasteiger partial charge in [0.15, 0.2) is 0 Å². The van der Waals surface area contributed by atoms with Crippen LogP contribution in [0.1, 0.15) is 36.2 Å². The van der Waals surface area contributed by atoms with Crippen LogP contribution in [0.3, 0.4) is 0 Å². The predicted octanol–water partition coefficient (Wildman–Crippen LogP) is 2.23. The van der Waals surface area contributed by atoms with E-state index in [0.717, 1.165) is 62.2 Å². The molecule has 0 unspecified atom stereocenters. The van der Waals surface area contributed by atoms with Gasteiger partial charge in [0, 0.05) is 49.9 Å². The molecule has 0 atom stereocenters. The highest BCUT2D eigenvalue weighted by Crippen LogP contribution is 2.19. The number of imidazole rings is 1. The third kappa shape index (κ3) is 3.85. The quantitative estimate of drug-likeness (QED) is 0.823. The normalized spacial score (nSPS) is 18.6. The molecule has 8 heteroatoms. The zero-order valence-corrected chi connectivity index (χ0v) is 15.7. The SMILES string of the molecule is O=C(c1cn(-c2cc(N3CCSCC3)ncn2)cn1)N1CCCCCC1.